The Morgan fingerprint density at radius 2 is 1.96 bits per heavy atom. The van der Waals surface area contributed by atoms with E-state index in [1.54, 1.807) is 6.07 Å². The highest BCUT2D eigenvalue weighted by atomic mass is 32.1. The molecule has 1 unspecified atom stereocenters. The zero-order chi connectivity index (χ0) is 19.9. The lowest BCUT2D eigenvalue weighted by molar-refractivity contribution is -0.121. The van der Waals surface area contributed by atoms with Crippen molar-refractivity contribution in [1.82, 2.24) is 19.8 Å². The van der Waals surface area contributed by atoms with Gasteiger partial charge in [-0.2, -0.15) is 0 Å². The van der Waals surface area contributed by atoms with Gasteiger partial charge in [-0.1, -0.05) is 44.2 Å². The van der Waals surface area contributed by atoms with Crippen molar-refractivity contribution in [3.8, 4) is 0 Å². The summed E-state index contributed by atoms with van der Waals surface area (Å²) in [5.74, 6) is -0.0644. The Balaban J connectivity index is 1.61. The van der Waals surface area contributed by atoms with Crippen LogP contribution in [0, 0.1) is 0 Å². The molecule has 0 spiro atoms. The van der Waals surface area contributed by atoms with Crippen LogP contribution in [0.1, 0.15) is 31.9 Å². The lowest BCUT2D eigenvalue weighted by Crippen LogP contribution is -2.38. The van der Waals surface area contributed by atoms with E-state index in [2.05, 4.69) is 41.2 Å². The molecule has 2 heterocycles. The number of hydrogen-bond donors (Lipinski definition) is 1. The first-order chi connectivity index (χ1) is 13.6. The second-order valence-electron chi connectivity index (χ2n) is 6.58. The van der Waals surface area contributed by atoms with Gasteiger partial charge in [0.1, 0.15) is 4.83 Å². The SMILES string of the molecule is CCN(CC)C(CNC(=O)CCn1cnc2sccc2c1=O)c1ccccc1. The molecule has 148 valence electrons. The summed E-state index contributed by atoms with van der Waals surface area (Å²) in [6.45, 7) is 6.94. The molecule has 1 aromatic carbocycles. The molecule has 3 aromatic rings. The molecule has 2 aromatic heterocycles. The van der Waals surface area contributed by atoms with Crippen LogP contribution in [-0.4, -0.2) is 40.0 Å². The number of benzene rings is 1. The summed E-state index contributed by atoms with van der Waals surface area (Å²) in [6, 6.07) is 12.1. The average molecular weight is 399 g/mol. The Morgan fingerprint density at radius 1 is 1.21 bits per heavy atom. The Labute approximate surface area is 168 Å². The molecule has 7 heteroatoms. The quantitative estimate of drug-likeness (QED) is 0.602. The number of nitrogens with one attached hydrogen (secondary N) is 1. The Bertz CT molecular complexity index is 963. The number of rotatable bonds is 9. The number of carbonyl (C=O) groups is 1. The number of thiophene rings is 1. The average Bonchev–Trinajstić information content (AvgIpc) is 3.21. The third-order valence-corrected chi connectivity index (χ3v) is 5.78. The molecule has 0 radical (unpaired) electrons. The van der Waals surface area contributed by atoms with Crippen molar-refractivity contribution in [2.24, 2.45) is 0 Å². The van der Waals surface area contributed by atoms with E-state index in [-0.39, 0.29) is 23.9 Å². The molecule has 0 bridgehead atoms. The molecule has 0 aliphatic heterocycles. The Kier molecular flexibility index (Phi) is 6.95. The summed E-state index contributed by atoms with van der Waals surface area (Å²) in [6.07, 6.45) is 1.77. The standard InChI is InChI=1S/C21H26N4O2S/c1-3-24(4-2)18(16-8-6-5-7-9-16)14-22-19(26)10-12-25-15-23-20-17(21(25)27)11-13-28-20/h5-9,11,13,15,18H,3-4,10,12,14H2,1-2H3,(H,22,26). The van der Waals surface area contributed by atoms with Gasteiger partial charge in [0.15, 0.2) is 0 Å². The van der Waals surface area contributed by atoms with E-state index < -0.39 is 0 Å². The fourth-order valence-electron chi connectivity index (χ4n) is 3.37. The number of carbonyl (C=O) groups excluding carboxylic acids is 1. The largest absolute Gasteiger partial charge is 0.354 e. The molecule has 3 rings (SSSR count). The van der Waals surface area contributed by atoms with E-state index in [0.29, 0.717) is 18.5 Å². The molecule has 1 N–H and O–H groups in total. The summed E-state index contributed by atoms with van der Waals surface area (Å²) in [7, 11) is 0. The zero-order valence-electron chi connectivity index (χ0n) is 16.3. The maximum Gasteiger partial charge on any atom is 0.262 e. The maximum absolute atomic E-state index is 12.4. The van der Waals surface area contributed by atoms with Crippen molar-refractivity contribution in [2.45, 2.75) is 32.9 Å². The van der Waals surface area contributed by atoms with Gasteiger partial charge in [-0.15, -0.1) is 11.3 Å². The summed E-state index contributed by atoms with van der Waals surface area (Å²) in [4.78, 5) is 32.2. The minimum atomic E-state index is -0.0932. The normalized spacial score (nSPS) is 12.4. The highest BCUT2D eigenvalue weighted by Crippen LogP contribution is 2.19. The number of aromatic nitrogens is 2. The van der Waals surface area contributed by atoms with Gasteiger partial charge in [-0.25, -0.2) is 4.98 Å². The van der Waals surface area contributed by atoms with Gasteiger partial charge in [0.05, 0.1) is 17.8 Å². The van der Waals surface area contributed by atoms with Gasteiger partial charge in [-0.3, -0.25) is 19.1 Å². The van der Waals surface area contributed by atoms with Crippen LogP contribution < -0.4 is 10.9 Å². The van der Waals surface area contributed by atoms with Crippen molar-refractivity contribution < 1.29 is 4.79 Å². The molecule has 1 amide bonds. The number of fused-ring (bicyclic) bond motifs is 1. The van der Waals surface area contributed by atoms with Gasteiger partial charge in [-0.05, 0) is 30.1 Å². The van der Waals surface area contributed by atoms with E-state index >= 15 is 0 Å². The van der Waals surface area contributed by atoms with Crippen LogP contribution in [0.5, 0.6) is 0 Å². The number of hydrogen-bond acceptors (Lipinski definition) is 5. The van der Waals surface area contributed by atoms with E-state index in [4.69, 9.17) is 0 Å². The highest BCUT2D eigenvalue weighted by molar-refractivity contribution is 7.16. The third kappa shape index (κ3) is 4.66. The minimum Gasteiger partial charge on any atom is -0.354 e. The lowest BCUT2D eigenvalue weighted by atomic mass is 10.1. The summed E-state index contributed by atoms with van der Waals surface area (Å²) >= 11 is 1.44. The van der Waals surface area contributed by atoms with Crippen LogP contribution in [0.25, 0.3) is 10.2 Å². The third-order valence-electron chi connectivity index (χ3n) is 4.96. The molecular formula is C21H26N4O2S. The monoisotopic (exact) mass is 398 g/mol. The molecule has 0 aliphatic rings. The second kappa shape index (κ2) is 9.61. The van der Waals surface area contributed by atoms with Gasteiger partial charge in [0.25, 0.3) is 5.56 Å². The first kappa shape index (κ1) is 20.2. The van der Waals surface area contributed by atoms with Crippen LogP contribution in [0.4, 0.5) is 0 Å². The number of aryl methyl sites for hydroxylation is 1. The number of amides is 1. The predicted octanol–water partition coefficient (Wildman–Crippen LogP) is 3.05. The molecule has 0 aliphatic carbocycles. The molecule has 6 nitrogen and oxygen atoms in total. The molecule has 0 fully saturated rings. The predicted molar refractivity (Wildman–Crippen MR) is 114 cm³/mol. The van der Waals surface area contributed by atoms with E-state index in [1.807, 2.05) is 23.6 Å². The number of likely N-dealkylation sites (N-methyl/N-ethyl adjacent to an activating group) is 1. The van der Waals surface area contributed by atoms with Crippen LogP contribution >= 0.6 is 11.3 Å². The first-order valence-corrected chi connectivity index (χ1v) is 10.5. The molecule has 0 saturated heterocycles. The van der Waals surface area contributed by atoms with E-state index in [9.17, 15) is 9.59 Å². The summed E-state index contributed by atoms with van der Waals surface area (Å²) in [5.41, 5.74) is 1.10. The summed E-state index contributed by atoms with van der Waals surface area (Å²) < 4.78 is 1.51. The highest BCUT2D eigenvalue weighted by Gasteiger charge is 2.18. The fraction of sp³-hybridized carbons (Fsp3) is 0.381. The van der Waals surface area contributed by atoms with Gasteiger partial charge >= 0.3 is 0 Å². The Hall–Kier alpha value is -2.51. The van der Waals surface area contributed by atoms with Crippen LogP contribution in [0.3, 0.4) is 0 Å². The molecule has 0 saturated carbocycles. The second-order valence-corrected chi connectivity index (χ2v) is 7.48. The summed E-state index contributed by atoms with van der Waals surface area (Å²) in [5, 5.41) is 5.50. The Morgan fingerprint density at radius 3 is 2.68 bits per heavy atom. The van der Waals surface area contributed by atoms with Crippen molar-refractivity contribution in [3.63, 3.8) is 0 Å². The lowest BCUT2D eigenvalue weighted by Gasteiger charge is -2.30. The maximum atomic E-state index is 12.4. The van der Waals surface area contributed by atoms with Crippen molar-refractivity contribution in [2.75, 3.05) is 19.6 Å². The minimum absolute atomic E-state index is 0.0644. The fourth-order valence-corrected chi connectivity index (χ4v) is 4.09. The molecule has 1 atom stereocenters. The van der Waals surface area contributed by atoms with Crippen molar-refractivity contribution in [1.29, 1.82) is 0 Å². The van der Waals surface area contributed by atoms with Crippen molar-refractivity contribution in [3.05, 3.63) is 64.0 Å². The van der Waals surface area contributed by atoms with E-state index in [1.165, 1.54) is 27.8 Å². The molecular weight excluding hydrogens is 372 g/mol. The first-order valence-electron chi connectivity index (χ1n) is 9.62. The van der Waals surface area contributed by atoms with Crippen LogP contribution in [0.15, 0.2) is 52.9 Å². The zero-order valence-corrected chi connectivity index (χ0v) is 17.1. The molecule has 28 heavy (non-hydrogen) atoms. The smallest absolute Gasteiger partial charge is 0.262 e. The van der Waals surface area contributed by atoms with Gasteiger partial charge in [0.2, 0.25) is 5.91 Å². The van der Waals surface area contributed by atoms with Crippen molar-refractivity contribution >= 4 is 27.5 Å². The van der Waals surface area contributed by atoms with Crippen LogP contribution in [0.2, 0.25) is 0 Å². The van der Waals surface area contributed by atoms with Gasteiger partial charge in [0, 0.05) is 19.5 Å². The van der Waals surface area contributed by atoms with E-state index in [0.717, 1.165) is 17.9 Å². The topological polar surface area (TPSA) is 67.2 Å². The van der Waals surface area contributed by atoms with Crippen LogP contribution in [-0.2, 0) is 11.3 Å². The number of nitrogens with zero attached hydrogens (tertiary/aromatic N) is 3. The van der Waals surface area contributed by atoms with Gasteiger partial charge < -0.3 is 5.32 Å².